The Labute approximate surface area is 138 Å². The van der Waals surface area contributed by atoms with Crippen molar-refractivity contribution in [1.29, 1.82) is 0 Å². The first-order chi connectivity index (χ1) is 10.5. The van der Waals surface area contributed by atoms with Gasteiger partial charge in [0, 0.05) is 17.5 Å². The van der Waals surface area contributed by atoms with Crippen molar-refractivity contribution in [1.82, 2.24) is 9.97 Å². The van der Waals surface area contributed by atoms with Gasteiger partial charge in [-0.05, 0) is 23.4 Å². The number of benzene rings is 1. The Balaban J connectivity index is 2.18. The molecule has 1 aromatic carbocycles. The molecule has 2 N–H and O–H groups in total. The highest BCUT2D eigenvalue weighted by Gasteiger charge is 2.06. The lowest BCUT2D eigenvalue weighted by atomic mass is 10.3. The molecule has 0 spiro atoms. The summed E-state index contributed by atoms with van der Waals surface area (Å²) in [5.74, 6) is 1.68. The zero-order valence-electron chi connectivity index (χ0n) is 12.6. The normalized spacial score (nSPS) is 10.8. The average Bonchev–Trinajstić information content (AvgIpc) is 2.45. The van der Waals surface area contributed by atoms with Crippen molar-refractivity contribution in [3.63, 3.8) is 0 Å². The molecule has 0 saturated heterocycles. The van der Waals surface area contributed by atoms with Crippen molar-refractivity contribution < 1.29 is 4.74 Å². The standard InChI is InChI=1S/C15H18ClN3O2S/c1-9(2)22-8-11-7-14(20)19-15(18-11)17-10-4-5-13(21-3)12(16)6-10/h4-7,9H,8H2,1-3H3,(H2,17,18,19,20). The number of rotatable bonds is 6. The fourth-order valence-corrected chi connectivity index (χ4v) is 2.68. The van der Waals surface area contributed by atoms with Crippen molar-refractivity contribution in [2.24, 2.45) is 0 Å². The monoisotopic (exact) mass is 339 g/mol. The van der Waals surface area contributed by atoms with Crippen LogP contribution in [0.25, 0.3) is 0 Å². The Kier molecular flexibility index (Phi) is 5.74. The molecule has 1 aromatic heterocycles. The fraction of sp³-hybridized carbons (Fsp3) is 0.333. The predicted molar refractivity (Wildman–Crippen MR) is 92.6 cm³/mol. The van der Waals surface area contributed by atoms with Gasteiger partial charge in [0.05, 0.1) is 17.8 Å². The lowest BCUT2D eigenvalue weighted by Crippen LogP contribution is -2.12. The van der Waals surface area contributed by atoms with Crippen LogP contribution in [-0.4, -0.2) is 22.3 Å². The summed E-state index contributed by atoms with van der Waals surface area (Å²) in [6, 6.07) is 6.79. The van der Waals surface area contributed by atoms with Crippen molar-refractivity contribution in [3.05, 3.63) is 45.3 Å². The van der Waals surface area contributed by atoms with Crippen molar-refractivity contribution >= 4 is 35.0 Å². The van der Waals surface area contributed by atoms with E-state index >= 15 is 0 Å². The number of thioether (sulfide) groups is 1. The zero-order chi connectivity index (χ0) is 16.1. The SMILES string of the molecule is COc1ccc(Nc2nc(CSC(C)C)cc(=O)[nH]2)cc1Cl. The number of H-pyrrole nitrogens is 1. The van der Waals surface area contributed by atoms with E-state index in [1.165, 1.54) is 6.07 Å². The van der Waals surface area contributed by atoms with E-state index in [9.17, 15) is 4.79 Å². The highest BCUT2D eigenvalue weighted by molar-refractivity contribution is 7.99. The van der Waals surface area contributed by atoms with Gasteiger partial charge in [-0.15, -0.1) is 0 Å². The van der Waals surface area contributed by atoms with Crippen LogP contribution in [0.15, 0.2) is 29.1 Å². The van der Waals surface area contributed by atoms with Gasteiger partial charge in [0.1, 0.15) is 5.75 Å². The van der Waals surface area contributed by atoms with E-state index in [0.29, 0.717) is 27.7 Å². The van der Waals surface area contributed by atoms with Crippen molar-refractivity contribution in [2.75, 3.05) is 12.4 Å². The van der Waals surface area contributed by atoms with Gasteiger partial charge in [0.25, 0.3) is 5.56 Å². The molecule has 5 nitrogen and oxygen atoms in total. The van der Waals surface area contributed by atoms with Gasteiger partial charge in [0.15, 0.2) is 0 Å². The molecule has 0 unspecified atom stereocenters. The first-order valence-corrected chi connectivity index (χ1v) is 8.23. The second kappa shape index (κ2) is 7.56. The molecule has 0 aliphatic rings. The fourth-order valence-electron chi connectivity index (χ4n) is 1.77. The van der Waals surface area contributed by atoms with Crippen LogP contribution in [0.1, 0.15) is 19.5 Å². The quantitative estimate of drug-likeness (QED) is 0.837. The zero-order valence-corrected chi connectivity index (χ0v) is 14.2. The van der Waals surface area contributed by atoms with E-state index in [1.54, 1.807) is 37.1 Å². The maximum atomic E-state index is 11.7. The second-order valence-corrected chi connectivity index (χ2v) is 6.89. The number of anilines is 2. The molecule has 0 radical (unpaired) electrons. The number of hydrogen-bond donors (Lipinski definition) is 2. The first-order valence-electron chi connectivity index (χ1n) is 6.80. The molecule has 0 atom stereocenters. The van der Waals surface area contributed by atoms with E-state index < -0.39 is 0 Å². The Morgan fingerprint density at radius 3 is 2.82 bits per heavy atom. The topological polar surface area (TPSA) is 67.0 Å². The van der Waals surface area contributed by atoms with Crippen molar-refractivity contribution in [3.8, 4) is 5.75 Å². The van der Waals surface area contributed by atoms with Crippen LogP contribution in [-0.2, 0) is 5.75 Å². The summed E-state index contributed by atoms with van der Waals surface area (Å²) in [7, 11) is 1.56. The molecule has 0 bridgehead atoms. The van der Waals surface area contributed by atoms with Gasteiger partial charge in [-0.25, -0.2) is 4.98 Å². The number of aromatic nitrogens is 2. The van der Waals surface area contributed by atoms with Crippen LogP contribution in [0.4, 0.5) is 11.6 Å². The molecule has 0 saturated carbocycles. The first kappa shape index (κ1) is 16.7. The smallest absolute Gasteiger partial charge is 0.252 e. The summed E-state index contributed by atoms with van der Waals surface area (Å²) in [6.45, 7) is 4.21. The highest BCUT2D eigenvalue weighted by atomic mass is 35.5. The van der Waals surface area contributed by atoms with Gasteiger partial charge in [-0.3, -0.25) is 9.78 Å². The minimum atomic E-state index is -0.184. The lowest BCUT2D eigenvalue weighted by Gasteiger charge is -2.09. The lowest BCUT2D eigenvalue weighted by molar-refractivity contribution is 0.415. The summed E-state index contributed by atoms with van der Waals surface area (Å²) in [5, 5.41) is 4.02. The molecular weight excluding hydrogens is 322 g/mol. The van der Waals surface area contributed by atoms with Gasteiger partial charge in [0.2, 0.25) is 5.95 Å². The molecule has 0 amide bonds. The Morgan fingerprint density at radius 1 is 1.41 bits per heavy atom. The van der Waals surface area contributed by atoms with E-state index in [2.05, 4.69) is 29.1 Å². The minimum Gasteiger partial charge on any atom is -0.495 e. The van der Waals surface area contributed by atoms with Crippen LogP contribution < -0.4 is 15.6 Å². The Bertz CT molecular complexity index is 703. The Morgan fingerprint density at radius 2 is 2.18 bits per heavy atom. The van der Waals surface area contributed by atoms with E-state index in [1.807, 2.05) is 0 Å². The number of nitrogens with zero attached hydrogens (tertiary/aromatic N) is 1. The predicted octanol–water partition coefficient (Wildman–Crippen LogP) is 3.82. The van der Waals surface area contributed by atoms with Crippen LogP contribution in [0.5, 0.6) is 5.75 Å². The third-order valence-electron chi connectivity index (χ3n) is 2.77. The third-order valence-corrected chi connectivity index (χ3v) is 4.20. The van der Waals surface area contributed by atoms with Gasteiger partial charge < -0.3 is 10.1 Å². The number of halogens is 1. The summed E-state index contributed by atoms with van der Waals surface area (Å²) in [6.07, 6.45) is 0. The highest BCUT2D eigenvalue weighted by Crippen LogP contribution is 2.28. The van der Waals surface area contributed by atoms with Gasteiger partial charge >= 0.3 is 0 Å². The maximum absolute atomic E-state index is 11.7. The summed E-state index contributed by atoms with van der Waals surface area (Å²) in [4.78, 5) is 18.8. The number of ether oxygens (including phenoxy) is 1. The molecule has 0 aliphatic carbocycles. The number of methoxy groups -OCH3 is 1. The number of nitrogens with one attached hydrogen (secondary N) is 2. The molecule has 22 heavy (non-hydrogen) atoms. The largest absolute Gasteiger partial charge is 0.495 e. The molecule has 2 aromatic rings. The summed E-state index contributed by atoms with van der Waals surface area (Å²) >= 11 is 7.82. The van der Waals surface area contributed by atoms with E-state index in [-0.39, 0.29) is 5.56 Å². The van der Waals surface area contributed by atoms with Crippen LogP contribution in [0, 0.1) is 0 Å². The van der Waals surface area contributed by atoms with Crippen LogP contribution in [0.2, 0.25) is 5.02 Å². The summed E-state index contributed by atoms with van der Waals surface area (Å²) in [5.41, 5.74) is 1.28. The molecule has 1 heterocycles. The molecule has 7 heteroatoms. The molecule has 0 aliphatic heterocycles. The maximum Gasteiger partial charge on any atom is 0.252 e. The van der Waals surface area contributed by atoms with E-state index in [4.69, 9.17) is 16.3 Å². The minimum absolute atomic E-state index is 0.184. The van der Waals surface area contributed by atoms with Crippen LogP contribution in [0.3, 0.4) is 0 Å². The molecule has 2 rings (SSSR count). The molecular formula is C15H18ClN3O2S. The van der Waals surface area contributed by atoms with Gasteiger partial charge in [-0.1, -0.05) is 25.4 Å². The van der Waals surface area contributed by atoms with E-state index in [0.717, 1.165) is 11.4 Å². The van der Waals surface area contributed by atoms with Crippen molar-refractivity contribution in [2.45, 2.75) is 24.9 Å². The molecule has 118 valence electrons. The van der Waals surface area contributed by atoms with Gasteiger partial charge in [-0.2, -0.15) is 11.8 Å². The number of hydrogen-bond acceptors (Lipinski definition) is 5. The van der Waals surface area contributed by atoms with Crippen LogP contribution >= 0.6 is 23.4 Å². The average molecular weight is 340 g/mol. The third kappa shape index (κ3) is 4.68. The Hall–Kier alpha value is -1.66. The number of aromatic amines is 1. The summed E-state index contributed by atoms with van der Waals surface area (Å²) < 4.78 is 5.11. The molecule has 0 fully saturated rings. The second-order valence-electron chi connectivity index (χ2n) is 4.92.